The molecule has 5 nitrogen and oxygen atoms in total. The molecule has 0 aromatic heterocycles. The summed E-state index contributed by atoms with van der Waals surface area (Å²) in [5.74, 6) is 0.980. The van der Waals surface area contributed by atoms with Crippen molar-refractivity contribution in [2.45, 2.75) is 12.8 Å². The number of amides is 1. The van der Waals surface area contributed by atoms with Crippen LogP contribution in [-0.2, 0) is 11.2 Å². The third-order valence-electron chi connectivity index (χ3n) is 2.78. The molecule has 4 N–H and O–H groups in total. The SMILES string of the molecule is Nc1cccc(Oc2ccc(CCC(=O)NO)cc2)c1. The first-order chi connectivity index (χ1) is 9.67. The average Bonchev–Trinajstić information content (AvgIpc) is 2.46. The number of hydroxylamine groups is 1. The van der Waals surface area contributed by atoms with E-state index >= 15 is 0 Å². The Balaban J connectivity index is 1.96. The van der Waals surface area contributed by atoms with Gasteiger partial charge < -0.3 is 10.5 Å². The lowest BCUT2D eigenvalue weighted by atomic mass is 10.1. The van der Waals surface area contributed by atoms with Crippen LogP contribution in [0.1, 0.15) is 12.0 Å². The average molecular weight is 272 g/mol. The highest BCUT2D eigenvalue weighted by atomic mass is 16.5. The van der Waals surface area contributed by atoms with Crippen LogP contribution in [0.3, 0.4) is 0 Å². The van der Waals surface area contributed by atoms with Crippen molar-refractivity contribution in [3.63, 3.8) is 0 Å². The van der Waals surface area contributed by atoms with Gasteiger partial charge in [-0.05, 0) is 36.2 Å². The molecule has 0 spiro atoms. The minimum atomic E-state index is -0.398. The first-order valence-corrected chi connectivity index (χ1v) is 6.22. The number of carbonyl (C=O) groups is 1. The molecule has 104 valence electrons. The predicted molar refractivity (Wildman–Crippen MR) is 75.6 cm³/mol. The van der Waals surface area contributed by atoms with Crippen molar-refractivity contribution >= 4 is 11.6 Å². The molecule has 0 aliphatic heterocycles. The Morgan fingerprint density at radius 1 is 1.15 bits per heavy atom. The monoisotopic (exact) mass is 272 g/mol. The molecule has 2 aromatic carbocycles. The van der Waals surface area contributed by atoms with Crippen molar-refractivity contribution in [1.29, 1.82) is 0 Å². The summed E-state index contributed by atoms with van der Waals surface area (Å²) in [5, 5.41) is 8.41. The summed E-state index contributed by atoms with van der Waals surface area (Å²) < 4.78 is 5.66. The summed E-state index contributed by atoms with van der Waals surface area (Å²) in [6.45, 7) is 0. The summed E-state index contributed by atoms with van der Waals surface area (Å²) in [5.41, 5.74) is 8.93. The number of anilines is 1. The highest BCUT2D eigenvalue weighted by molar-refractivity contribution is 5.74. The molecule has 0 fully saturated rings. The van der Waals surface area contributed by atoms with Crippen LogP contribution in [0.5, 0.6) is 11.5 Å². The van der Waals surface area contributed by atoms with E-state index in [0.717, 1.165) is 5.56 Å². The van der Waals surface area contributed by atoms with Crippen molar-refractivity contribution in [3.05, 3.63) is 54.1 Å². The van der Waals surface area contributed by atoms with Crippen LogP contribution in [0.4, 0.5) is 5.69 Å². The van der Waals surface area contributed by atoms with Gasteiger partial charge >= 0.3 is 0 Å². The number of nitrogens with one attached hydrogen (secondary N) is 1. The molecule has 0 saturated carbocycles. The normalized spacial score (nSPS) is 10.1. The number of aryl methyl sites for hydroxylation is 1. The molecule has 0 atom stereocenters. The summed E-state index contributed by atoms with van der Waals surface area (Å²) >= 11 is 0. The van der Waals surface area contributed by atoms with E-state index in [-0.39, 0.29) is 6.42 Å². The third kappa shape index (κ3) is 4.00. The van der Waals surface area contributed by atoms with Crippen molar-refractivity contribution in [3.8, 4) is 11.5 Å². The number of benzene rings is 2. The van der Waals surface area contributed by atoms with Crippen LogP contribution in [0, 0.1) is 0 Å². The van der Waals surface area contributed by atoms with Crippen LogP contribution in [0.15, 0.2) is 48.5 Å². The molecule has 2 aromatic rings. The molecule has 0 aliphatic carbocycles. The zero-order valence-electron chi connectivity index (χ0n) is 10.9. The summed E-state index contributed by atoms with van der Waals surface area (Å²) in [6.07, 6.45) is 0.802. The molecule has 0 bridgehead atoms. The first kappa shape index (κ1) is 13.9. The van der Waals surface area contributed by atoms with Gasteiger partial charge in [0.05, 0.1) is 0 Å². The fourth-order valence-corrected chi connectivity index (χ4v) is 1.75. The van der Waals surface area contributed by atoms with E-state index in [0.29, 0.717) is 23.6 Å². The van der Waals surface area contributed by atoms with E-state index in [2.05, 4.69) is 0 Å². The Bertz CT molecular complexity index is 582. The number of hydrogen-bond donors (Lipinski definition) is 3. The number of ether oxygens (including phenoxy) is 1. The van der Waals surface area contributed by atoms with Crippen LogP contribution >= 0.6 is 0 Å². The molecule has 20 heavy (non-hydrogen) atoms. The van der Waals surface area contributed by atoms with Gasteiger partial charge in [0.25, 0.3) is 0 Å². The van der Waals surface area contributed by atoms with E-state index in [9.17, 15) is 4.79 Å². The lowest BCUT2D eigenvalue weighted by Gasteiger charge is -2.07. The fraction of sp³-hybridized carbons (Fsp3) is 0.133. The highest BCUT2D eigenvalue weighted by Crippen LogP contribution is 2.23. The van der Waals surface area contributed by atoms with E-state index in [1.165, 1.54) is 0 Å². The Hall–Kier alpha value is -2.53. The second kappa shape index (κ2) is 6.58. The Kier molecular flexibility index (Phi) is 4.57. The molecular weight excluding hydrogens is 256 g/mol. The molecule has 0 aliphatic rings. The number of carbonyl (C=O) groups excluding carboxylic acids is 1. The van der Waals surface area contributed by atoms with E-state index in [1.807, 2.05) is 36.4 Å². The standard InChI is InChI=1S/C15H16N2O3/c16-12-2-1-3-14(10-12)20-13-7-4-11(5-8-13)6-9-15(18)17-19/h1-5,7-8,10,19H,6,9,16H2,(H,17,18). The Morgan fingerprint density at radius 2 is 1.90 bits per heavy atom. The van der Waals surface area contributed by atoms with Gasteiger partial charge in [0.1, 0.15) is 11.5 Å². The van der Waals surface area contributed by atoms with Gasteiger partial charge in [-0.25, -0.2) is 5.48 Å². The smallest absolute Gasteiger partial charge is 0.243 e. The van der Waals surface area contributed by atoms with Crippen LogP contribution in [0.2, 0.25) is 0 Å². The number of nitrogen functional groups attached to an aromatic ring is 1. The second-order valence-electron chi connectivity index (χ2n) is 4.35. The van der Waals surface area contributed by atoms with Gasteiger partial charge in [0, 0.05) is 18.2 Å². The van der Waals surface area contributed by atoms with Crippen LogP contribution < -0.4 is 16.0 Å². The van der Waals surface area contributed by atoms with Gasteiger partial charge in [0.2, 0.25) is 5.91 Å². The summed E-state index contributed by atoms with van der Waals surface area (Å²) in [6, 6.07) is 14.6. The Labute approximate surface area is 116 Å². The quantitative estimate of drug-likeness (QED) is 0.443. The van der Waals surface area contributed by atoms with Crippen LogP contribution in [-0.4, -0.2) is 11.1 Å². The molecule has 5 heteroatoms. The zero-order valence-corrected chi connectivity index (χ0v) is 10.9. The summed E-state index contributed by atoms with van der Waals surface area (Å²) in [4.78, 5) is 10.9. The molecule has 1 amide bonds. The molecule has 0 radical (unpaired) electrons. The maximum absolute atomic E-state index is 10.9. The number of rotatable bonds is 5. The minimum absolute atomic E-state index is 0.242. The van der Waals surface area contributed by atoms with Gasteiger partial charge in [-0.15, -0.1) is 0 Å². The lowest BCUT2D eigenvalue weighted by molar-refractivity contribution is -0.129. The van der Waals surface area contributed by atoms with Gasteiger partial charge in [-0.1, -0.05) is 18.2 Å². The van der Waals surface area contributed by atoms with Crippen molar-refractivity contribution in [2.24, 2.45) is 0 Å². The minimum Gasteiger partial charge on any atom is -0.457 e. The Morgan fingerprint density at radius 3 is 2.55 bits per heavy atom. The van der Waals surface area contributed by atoms with Crippen LogP contribution in [0.25, 0.3) is 0 Å². The highest BCUT2D eigenvalue weighted by Gasteiger charge is 2.02. The fourth-order valence-electron chi connectivity index (χ4n) is 1.75. The number of nitrogens with two attached hydrogens (primary N) is 1. The largest absolute Gasteiger partial charge is 0.457 e. The van der Waals surface area contributed by atoms with E-state index in [1.54, 1.807) is 17.6 Å². The third-order valence-corrected chi connectivity index (χ3v) is 2.78. The molecule has 0 saturated heterocycles. The van der Waals surface area contributed by atoms with Gasteiger partial charge in [-0.3, -0.25) is 10.0 Å². The van der Waals surface area contributed by atoms with E-state index in [4.69, 9.17) is 15.7 Å². The summed E-state index contributed by atoms with van der Waals surface area (Å²) in [7, 11) is 0. The maximum atomic E-state index is 10.9. The van der Waals surface area contributed by atoms with Gasteiger partial charge in [-0.2, -0.15) is 0 Å². The number of hydrogen-bond acceptors (Lipinski definition) is 4. The van der Waals surface area contributed by atoms with Crippen molar-refractivity contribution in [2.75, 3.05) is 5.73 Å². The van der Waals surface area contributed by atoms with Crippen molar-refractivity contribution in [1.82, 2.24) is 5.48 Å². The molecular formula is C15H16N2O3. The van der Waals surface area contributed by atoms with Crippen molar-refractivity contribution < 1.29 is 14.7 Å². The maximum Gasteiger partial charge on any atom is 0.243 e. The lowest BCUT2D eigenvalue weighted by Crippen LogP contribution is -2.18. The molecule has 2 rings (SSSR count). The molecule has 0 unspecified atom stereocenters. The molecule has 0 heterocycles. The first-order valence-electron chi connectivity index (χ1n) is 6.22. The second-order valence-corrected chi connectivity index (χ2v) is 4.35. The topological polar surface area (TPSA) is 84.6 Å². The van der Waals surface area contributed by atoms with E-state index < -0.39 is 5.91 Å². The zero-order chi connectivity index (χ0) is 14.4. The van der Waals surface area contributed by atoms with Gasteiger partial charge in [0.15, 0.2) is 0 Å². The predicted octanol–water partition coefficient (Wildman–Crippen LogP) is 2.50.